The molecule has 106 valence electrons. The van der Waals surface area contributed by atoms with E-state index in [2.05, 4.69) is 16.0 Å². The molecule has 0 radical (unpaired) electrons. The van der Waals surface area contributed by atoms with E-state index < -0.39 is 10.0 Å². The van der Waals surface area contributed by atoms with Crippen molar-refractivity contribution in [2.24, 2.45) is 0 Å². The molecule has 2 heterocycles. The van der Waals surface area contributed by atoms with E-state index in [1.807, 2.05) is 0 Å². The summed E-state index contributed by atoms with van der Waals surface area (Å²) in [5.74, 6) is 0.356. The van der Waals surface area contributed by atoms with Gasteiger partial charge < -0.3 is 5.73 Å². The Kier molecular flexibility index (Phi) is 2.69. The molecule has 1 aromatic heterocycles. The first-order valence-electron chi connectivity index (χ1n) is 5.54. The number of hydrazine groups is 2. The van der Waals surface area contributed by atoms with Crippen molar-refractivity contribution in [2.45, 2.75) is 0 Å². The van der Waals surface area contributed by atoms with Gasteiger partial charge in [0.25, 0.3) is 10.0 Å². The molecule has 8 nitrogen and oxygen atoms in total. The predicted octanol–water partition coefficient (Wildman–Crippen LogP) is 1.10. The molecule has 20 heavy (non-hydrogen) atoms. The number of fused-ring (bicyclic) bond motifs is 1. The van der Waals surface area contributed by atoms with Gasteiger partial charge in [0.1, 0.15) is 5.69 Å². The number of benzene rings is 1. The van der Waals surface area contributed by atoms with Crippen LogP contribution in [-0.2, 0) is 10.0 Å². The van der Waals surface area contributed by atoms with E-state index >= 15 is 0 Å². The molecule has 2 aromatic rings. The number of halogens is 1. The van der Waals surface area contributed by atoms with E-state index in [-0.39, 0.29) is 11.6 Å². The SMILES string of the molecule is CS(=O)(=O)n1nc(N)c2c1NN(c1ccc(Cl)cc1)N2. The molecule has 1 aromatic carbocycles. The van der Waals surface area contributed by atoms with Crippen LogP contribution < -0.4 is 21.7 Å². The topological polar surface area (TPSA) is 105 Å². The number of nitrogens with one attached hydrogen (secondary N) is 2. The van der Waals surface area contributed by atoms with Crippen molar-refractivity contribution in [3.8, 4) is 0 Å². The summed E-state index contributed by atoms with van der Waals surface area (Å²) < 4.78 is 24.1. The molecule has 10 heteroatoms. The Morgan fingerprint density at radius 1 is 1.25 bits per heavy atom. The fourth-order valence-electron chi connectivity index (χ4n) is 1.83. The highest BCUT2D eigenvalue weighted by Crippen LogP contribution is 2.36. The number of hydrogen-bond acceptors (Lipinski definition) is 7. The maximum Gasteiger partial charge on any atom is 0.252 e. The highest BCUT2D eigenvalue weighted by molar-refractivity contribution is 7.89. The molecule has 0 fully saturated rings. The van der Waals surface area contributed by atoms with E-state index in [1.54, 1.807) is 24.3 Å². The van der Waals surface area contributed by atoms with Gasteiger partial charge in [0.2, 0.25) is 0 Å². The smallest absolute Gasteiger partial charge is 0.252 e. The van der Waals surface area contributed by atoms with Crippen molar-refractivity contribution < 1.29 is 8.42 Å². The first kappa shape index (κ1) is 12.9. The van der Waals surface area contributed by atoms with Crippen LogP contribution in [-0.4, -0.2) is 23.9 Å². The molecule has 0 amide bonds. The van der Waals surface area contributed by atoms with Gasteiger partial charge in [-0.3, -0.25) is 10.9 Å². The quantitative estimate of drug-likeness (QED) is 0.762. The zero-order chi connectivity index (χ0) is 14.5. The first-order chi connectivity index (χ1) is 9.36. The Balaban J connectivity index is 1.99. The van der Waals surface area contributed by atoms with Gasteiger partial charge in [-0.2, -0.15) is 5.12 Å². The van der Waals surface area contributed by atoms with Gasteiger partial charge in [-0.05, 0) is 24.3 Å². The van der Waals surface area contributed by atoms with Crippen LogP contribution in [0.4, 0.5) is 23.0 Å². The van der Waals surface area contributed by atoms with Gasteiger partial charge in [-0.25, -0.2) is 8.42 Å². The van der Waals surface area contributed by atoms with Crippen molar-refractivity contribution >= 4 is 44.6 Å². The maximum atomic E-state index is 11.6. The molecule has 0 atom stereocenters. The third-order valence-electron chi connectivity index (χ3n) is 2.72. The van der Waals surface area contributed by atoms with Gasteiger partial charge in [-0.1, -0.05) is 11.6 Å². The summed E-state index contributed by atoms with van der Waals surface area (Å²) in [4.78, 5) is 0. The minimum Gasteiger partial charge on any atom is -0.380 e. The van der Waals surface area contributed by atoms with Gasteiger partial charge in [0, 0.05) is 5.02 Å². The second kappa shape index (κ2) is 4.18. The highest BCUT2D eigenvalue weighted by atomic mass is 35.5. The lowest BCUT2D eigenvalue weighted by atomic mass is 10.3. The summed E-state index contributed by atoms with van der Waals surface area (Å²) in [5, 5.41) is 5.91. The van der Waals surface area contributed by atoms with Crippen LogP contribution in [0.5, 0.6) is 0 Å². The monoisotopic (exact) mass is 314 g/mol. The number of rotatable bonds is 2. The molecule has 0 saturated heterocycles. The lowest BCUT2D eigenvalue weighted by Crippen LogP contribution is -2.31. The van der Waals surface area contributed by atoms with Crippen LogP contribution in [0.2, 0.25) is 5.02 Å². The summed E-state index contributed by atoms with van der Waals surface area (Å²) in [5.41, 5.74) is 12.7. The Morgan fingerprint density at radius 3 is 2.50 bits per heavy atom. The van der Waals surface area contributed by atoms with Gasteiger partial charge in [-0.15, -0.1) is 9.19 Å². The Hall–Kier alpha value is -2.13. The van der Waals surface area contributed by atoms with Crippen molar-refractivity contribution in [1.29, 1.82) is 0 Å². The van der Waals surface area contributed by atoms with Crippen molar-refractivity contribution in [3.63, 3.8) is 0 Å². The Morgan fingerprint density at radius 2 is 1.90 bits per heavy atom. The molecule has 3 rings (SSSR count). The number of nitrogen functional groups attached to an aromatic ring is 1. The normalized spacial score (nSPS) is 13.8. The number of nitrogens with zero attached hydrogens (tertiary/aromatic N) is 3. The molecule has 0 spiro atoms. The standard InChI is InChI=1S/C10H11ClN6O2S/c1-20(18,19)17-10-8(9(12)14-17)13-16(15-10)7-4-2-6(11)3-5-7/h2-5,13,15H,1H3,(H2,12,14). The second-order valence-electron chi connectivity index (χ2n) is 4.25. The van der Waals surface area contributed by atoms with Crippen LogP contribution in [0.25, 0.3) is 0 Å². The number of nitrogens with two attached hydrogens (primary N) is 1. The molecule has 0 saturated carbocycles. The summed E-state index contributed by atoms with van der Waals surface area (Å²) in [6.45, 7) is 0. The zero-order valence-corrected chi connectivity index (χ0v) is 11.9. The molecule has 4 N–H and O–H groups in total. The zero-order valence-electron chi connectivity index (χ0n) is 10.3. The summed E-state index contributed by atoms with van der Waals surface area (Å²) >= 11 is 5.82. The van der Waals surface area contributed by atoms with Crippen molar-refractivity contribution in [3.05, 3.63) is 29.3 Å². The molecular formula is C10H11ClN6O2S. The highest BCUT2D eigenvalue weighted by Gasteiger charge is 2.29. The second-order valence-corrected chi connectivity index (χ2v) is 6.50. The van der Waals surface area contributed by atoms with Crippen molar-refractivity contribution in [1.82, 2.24) is 9.19 Å². The molecule has 1 aliphatic heterocycles. The summed E-state index contributed by atoms with van der Waals surface area (Å²) in [6, 6.07) is 6.97. The van der Waals surface area contributed by atoms with Crippen molar-refractivity contribution in [2.75, 3.05) is 28.0 Å². The third-order valence-corrected chi connectivity index (χ3v) is 3.87. The third kappa shape index (κ3) is 2.00. The fraction of sp³-hybridized carbons (Fsp3) is 0.100. The van der Waals surface area contributed by atoms with E-state index in [0.29, 0.717) is 10.7 Å². The van der Waals surface area contributed by atoms with Crippen LogP contribution in [0.3, 0.4) is 0 Å². The minimum atomic E-state index is -3.54. The predicted molar refractivity (Wildman–Crippen MR) is 78.1 cm³/mol. The molecule has 0 unspecified atom stereocenters. The van der Waals surface area contributed by atoms with E-state index in [0.717, 1.165) is 16.0 Å². The van der Waals surface area contributed by atoms with E-state index in [9.17, 15) is 8.42 Å². The van der Waals surface area contributed by atoms with Gasteiger partial charge in [0.05, 0.1) is 11.9 Å². The Labute approximate surface area is 120 Å². The van der Waals surface area contributed by atoms with Gasteiger partial charge in [0.15, 0.2) is 11.6 Å². The first-order valence-corrected chi connectivity index (χ1v) is 7.77. The maximum absolute atomic E-state index is 11.6. The fourth-order valence-corrected chi connectivity index (χ4v) is 2.65. The van der Waals surface area contributed by atoms with Crippen LogP contribution in [0, 0.1) is 0 Å². The Bertz CT molecular complexity index is 770. The number of hydrogen-bond donors (Lipinski definition) is 3. The lowest BCUT2D eigenvalue weighted by Gasteiger charge is -2.19. The molecular weight excluding hydrogens is 304 g/mol. The molecule has 1 aliphatic rings. The summed E-state index contributed by atoms with van der Waals surface area (Å²) in [7, 11) is -3.54. The van der Waals surface area contributed by atoms with Gasteiger partial charge >= 0.3 is 0 Å². The molecule has 0 bridgehead atoms. The largest absolute Gasteiger partial charge is 0.380 e. The minimum absolute atomic E-state index is 0.0920. The number of anilines is 4. The van der Waals surface area contributed by atoms with Crippen LogP contribution >= 0.6 is 11.6 Å². The summed E-state index contributed by atoms with van der Waals surface area (Å²) in [6.07, 6.45) is 1.05. The van der Waals surface area contributed by atoms with E-state index in [1.165, 1.54) is 5.12 Å². The number of aromatic nitrogens is 2. The van der Waals surface area contributed by atoms with Crippen LogP contribution in [0.15, 0.2) is 24.3 Å². The van der Waals surface area contributed by atoms with Crippen LogP contribution in [0.1, 0.15) is 0 Å². The average molecular weight is 315 g/mol. The average Bonchev–Trinajstić information content (AvgIpc) is 2.90. The van der Waals surface area contributed by atoms with E-state index in [4.69, 9.17) is 17.3 Å². The molecule has 0 aliphatic carbocycles. The lowest BCUT2D eigenvalue weighted by molar-refractivity contribution is 0.587.